The molecule has 0 radical (unpaired) electrons. The highest BCUT2D eigenvalue weighted by atomic mass is 16.5. The molecule has 2 N–H and O–H groups in total. The first-order valence-corrected chi connectivity index (χ1v) is 10.3. The number of rotatable bonds is 8. The normalized spacial score (nSPS) is 18.8. The average molecular weight is 424 g/mol. The Morgan fingerprint density at radius 1 is 1.32 bits per heavy atom. The van der Waals surface area contributed by atoms with Crippen LogP contribution in [-0.2, 0) is 14.3 Å². The van der Waals surface area contributed by atoms with Gasteiger partial charge in [-0.15, -0.1) is 0 Å². The highest BCUT2D eigenvalue weighted by Gasteiger charge is 2.40. The minimum absolute atomic E-state index is 0.00764. The van der Waals surface area contributed by atoms with Crippen LogP contribution in [-0.4, -0.2) is 49.7 Å². The third kappa shape index (κ3) is 5.35. The molecule has 2 unspecified atom stereocenters. The molecule has 1 saturated heterocycles. The number of carboxylic acids is 1. The van der Waals surface area contributed by atoms with E-state index in [1.807, 2.05) is 50.2 Å². The minimum atomic E-state index is -0.855. The van der Waals surface area contributed by atoms with Gasteiger partial charge in [0.2, 0.25) is 0 Å². The molecule has 3 rings (SSSR count). The molecule has 1 fully saturated rings. The molecule has 164 valence electrons. The van der Waals surface area contributed by atoms with Crippen LogP contribution in [0, 0.1) is 11.3 Å². The van der Waals surface area contributed by atoms with E-state index in [4.69, 9.17) is 14.7 Å². The quantitative estimate of drug-likeness (QED) is 0.666. The van der Waals surface area contributed by atoms with Gasteiger partial charge in [0.15, 0.2) is 0 Å². The number of anilines is 2. The molecule has 31 heavy (non-hydrogen) atoms. The third-order valence-corrected chi connectivity index (χ3v) is 5.57. The summed E-state index contributed by atoms with van der Waals surface area (Å²) in [5, 5.41) is 22.0. The molecule has 0 spiro atoms. The molecule has 1 heterocycles. The Morgan fingerprint density at radius 2 is 2.03 bits per heavy atom. The lowest BCUT2D eigenvalue weighted by atomic mass is 9.92. The average Bonchev–Trinajstić information content (AvgIpc) is 2.75. The van der Waals surface area contributed by atoms with Gasteiger partial charge in [0, 0.05) is 30.9 Å². The smallest absolute Gasteiger partial charge is 0.304 e. The summed E-state index contributed by atoms with van der Waals surface area (Å²) < 4.78 is 11.4. The van der Waals surface area contributed by atoms with E-state index in [0.29, 0.717) is 25.3 Å². The van der Waals surface area contributed by atoms with Crippen molar-refractivity contribution in [1.29, 1.82) is 5.26 Å². The second kappa shape index (κ2) is 9.82. The number of hydrogen-bond donors (Lipinski definition) is 2. The van der Waals surface area contributed by atoms with Crippen LogP contribution < -0.4 is 10.2 Å². The van der Waals surface area contributed by atoms with Crippen LogP contribution in [0.15, 0.2) is 48.5 Å². The van der Waals surface area contributed by atoms with Crippen molar-refractivity contribution in [2.75, 3.05) is 37.1 Å². The number of morpholine rings is 1. The maximum absolute atomic E-state index is 11.5. The Labute approximate surface area is 183 Å². The Hall–Kier alpha value is -3.08. The van der Waals surface area contributed by atoms with Crippen LogP contribution in [0.1, 0.15) is 37.3 Å². The fourth-order valence-corrected chi connectivity index (χ4v) is 4.07. The van der Waals surface area contributed by atoms with Crippen molar-refractivity contribution in [2.24, 2.45) is 0 Å². The zero-order valence-corrected chi connectivity index (χ0v) is 18.2. The van der Waals surface area contributed by atoms with Gasteiger partial charge in [0.1, 0.15) is 11.8 Å². The lowest BCUT2D eigenvalue weighted by Gasteiger charge is -2.48. The number of carbonyl (C=O) groups is 1. The van der Waals surface area contributed by atoms with E-state index in [1.54, 1.807) is 19.2 Å². The molecular formula is C24H29N3O4. The predicted molar refractivity (Wildman–Crippen MR) is 119 cm³/mol. The van der Waals surface area contributed by atoms with Gasteiger partial charge in [-0.3, -0.25) is 4.79 Å². The van der Waals surface area contributed by atoms with E-state index in [1.165, 1.54) is 0 Å². The zero-order valence-electron chi connectivity index (χ0n) is 18.2. The SMILES string of the molecule is COCC(CC(=O)O)c1ccccc1N1CCOC(C)(C)C1Nc1ccc(C#N)cc1. The zero-order chi connectivity index (χ0) is 22.4. The molecule has 0 aliphatic carbocycles. The highest BCUT2D eigenvalue weighted by molar-refractivity contribution is 5.69. The number of benzene rings is 2. The third-order valence-electron chi connectivity index (χ3n) is 5.57. The van der Waals surface area contributed by atoms with Gasteiger partial charge in [-0.2, -0.15) is 5.26 Å². The van der Waals surface area contributed by atoms with Crippen LogP contribution in [0.3, 0.4) is 0 Å². The van der Waals surface area contributed by atoms with Crippen LogP contribution in [0.4, 0.5) is 11.4 Å². The molecule has 2 atom stereocenters. The number of methoxy groups -OCH3 is 1. The molecule has 2 aromatic carbocycles. The fraction of sp³-hybridized carbons (Fsp3) is 0.417. The first-order valence-electron chi connectivity index (χ1n) is 10.3. The van der Waals surface area contributed by atoms with Gasteiger partial charge < -0.3 is 24.8 Å². The van der Waals surface area contributed by atoms with Gasteiger partial charge >= 0.3 is 5.97 Å². The summed E-state index contributed by atoms with van der Waals surface area (Å²) in [6, 6.07) is 17.3. The lowest BCUT2D eigenvalue weighted by molar-refractivity contribution is -0.137. The van der Waals surface area contributed by atoms with Gasteiger partial charge in [0.25, 0.3) is 0 Å². The number of nitrogens with zero attached hydrogens (tertiary/aromatic N) is 2. The molecule has 7 heteroatoms. The van der Waals surface area contributed by atoms with E-state index < -0.39 is 11.6 Å². The van der Waals surface area contributed by atoms with E-state index in [9.17, 15) is 9.90 Å². The molecule has 0 bridgehead atoms. The van der Waals surface area contributed by atoms with E-state index >= 15 is 0 Å². The summed E-state index contributed by atoms with van der Waals surface area (Å²) in [6.07, 6.45) is -0.213. The minimum Gasteiger partial charge on any atom is -0.481 e. The van der Waals surface area contributed by atoms with Crippen molar-refractivity contribution in [2.45, 2.75) is 38.0 Å². The topological polar surface area (TPSA) is 94.8 Å². The summed E-state index contributed by atoms with van der Waals surface area (Å²) >= 11 is 0. The number of carboxylic acid groups (broad SMARTS) is 1. The summed E-state index contributed by atoms with van der Waals surface area (Å²) in [5.41, 5.74) is 2.87. The number of aliphatic carboxylic acids is 1. The molecular weight excluding hydrogens is 394 g/mol. The maximum Gasteiger partial charge on any atom is 0.304 e. The number of para-hydroxylation sites is 1. The number of nitriles is 1. The first kappa shape index (κ1) is 22.6. The Kier molecular flexibility index (Phi) is 7.16. The maximum atomic E-state index is 11.5. The van der Waals surface area contributed by atoms with Crippen molar-refractivity contribution in [3.05, 3.63) is 59.7 Å². The number of nitrogens with one attached hydrogen (secondary N) is 1. The monoisotopic (exact) mass is 423 g/mol. The van der Waals surface area contributed by atoms with Gasteiger partial charge in [-0.05, 0) is 49.7 Å². The molecule has 0 saturated carbocycles. The molecule has 1 aliphatic rings. The number of hydrogen-bond acceptors (Lipinski definition) is 6. The Morgan fingerprint density at radius 3 is 2.68 bits per heavy atom. The number of ether oxygens (including phenoxy) is 2. The molecule has 0 amide bonds. The molecule has 0 aromatic heterocycles. The van der Waals surface area contributed by atoms with E-state index in [2.05, 4.69) is 16.3 Å². The van der Waals surface area contributed by atoms with Crippen LogP contribution >= 0.6 is 0 Å². The molecule has 7 nitrogen and oxygen atoms in total. The second-order valence-electron chi connectivity index (χ2n) is 8.19. The molecule has 1 aliphatic heterocycles. The first-order chi connectivity index (χ1) is 14.9. The standard InChI is InChI=1S/C24H29N3O4/c1-24(2)23(26-19-10-8-17(15-25)9-11-19)27(12-13-31-24)21-7-5-4-6-20(21)18(16-30-3)14-22(28)29/h4-11,18,23,26H,12-14,16H2,1-3H3,(H,28,29). The summed E-state index contributed by atoms with van der Waals surface area (Å²) in [6.45, 7) is 5.60. The van der Waals surface area contributed by atoms with E-state index in [-0.39, 0.29) is 18.5 Å². The van der Waals surface area contributed by atoms with Gasteiger partial charge in [0.05, 0.1) is 31.3 Å². The van der Waals surface area contributed by atoms with Crippen LogP contribution in [0.25, 0.3) is 0 Å². The van der Waals surface area contributed by atoms with E-state index in [0.717, 1.165) is 16.9 Å². The Balaban J connectivity index is 1.98. The van der Waals surface area contributed by atoms with Crippen molar-refractivity contribution in [1.82, 2.24) is 0 Å². The second-order valence-corrected chi connectivity index (χ2v) is 8.19. The Bertz CT molecular complexity index is 937. The summed E-state index contributed by atoms with van der Waals surface area (Å²) in [4.78, 5) is 13.7. The van der Waals surface area contributed by atoms with Gasteiger partial charge in [-0.1, -0.05) is 18.2 Å². The fourth-order valence-electron chi connectivity index (χ4n) is 4.07. The molecule has 2 aromatic rings. The largest absolute Gasteiger partial charge is 0.481 e. The van der Waals surface area contributed by atoms with Crippen LogP contribution in [0.5, 0.6) is 0 Å². The van der Waals surface area contributed by atoms with Gasteiger partial charge in [-0.25, -0.2) is 0 Å². The predicted octanol–water partition coefficient (Wildman–Crippen LogP) is 3.82. The summed E-state index contributed by atoms with van der Waals surface area (Å²) in [7, 11) is 1.59. The van der Waals surface area contributed by atoms with Crippen molar-refractivity contribution >= 4 is 17.3 Å². The van der Waals surface area contributed by atoms with Crippen molar-refractivity contribution in [3.8, 4) is 6.07 Å². The lowest BCUT2D eigenvalue weighted by Crippen LogP contribution is -2.61. The van der Waals surface area contributed by atoms with Crippen LogP contribution in [0.2, 0.25) is 0 Å². The van der Waals surface area contributed by atoms with Crippen molar-refractivity contribution in [3.63, 3.8) is 0 Å². The van der Waals surface area contributed by atoms with Crippen molar-refractivity contribution < 1.29 is 19.4 Å². The highest BCUT2D eigenvalue weighted by Crippen LogP contribution is 2.36. The summed E-state index contributed by atoms with van der Waals surface area (Å²) in [5.74, 6) is -1.12.